The molecule has 96 valence electrons. The van der Waals surface area contributed by atoms with Gasteiger partial charge in [-0.25, -0.2) is 0 Å². The molecule has 0 bridgehead atoms. The first-order valence-electron chi connectivity index (χ1n) is 6.30. The highest BCUT2D eigenvalue weighted by Gasteiger charge is 2.62. The fraction of sp³-hybridized carbons (Fsp3) is 0.846. The SMILES string of the molecule is CC(=O)C(=O)CC1N(C)C(CO)C(C)C12CC2. The van der Waals surface area contributed by atoms with Crippen LogP contribution >= 0.6 is 0 Å². The maximum absolute atomic E-state index is 11.6. The van der Waals surface area contributed by atoms with E-state index in [-0.39, 0.29) is 35.7 Å². The zero-order valence-corrected chi connectivity index (χ0v) is 10.8. The number of rotatable bonds is 4. The van der Waals surface area contributed by atoms with Gasteiger partial charge >= 0.3 is 0 Å². The van der Waals surface area contributed by atoms with Crippen molar-refractivity contribution in [3.8, 4) is 0 Å². The number of carbonyl (C=O) groups is 2. The van der Waals surface area contributed by atoms with Crippen molar-refractivity contribution in [1.82, 2.24) is 4.90 Å². The summed E-state index contributed by atoms with van der Waals surface area (Å²) in [5.41, 5.74) is 0.174. The van der Waals surface area contributed by atoms with Crippen molar-refractivity contribution in [2.24, 2.45) is 11.3 Å². The third-order valence-electron chi connectivity index (χ3n) is 4.95. The van der Waals surface area contributed by atoms with Crippen LogP contribution in [0.4, 0.5) is 0 Å². The zero-order chi connectivity index (χ0) is 12.8. The predicted molar refractivity (Wildman–Crippen MR) is 63.6 cm³/mol. The summed E-state index contributed by atoms with van der Waals surface area (Å²) in [7, 11) is 1.96. The summed E-state index contributed by atoms with van der Waals surface area (Å²) in [6, 6.07) is 0.258. The van der Waals surface area contributed by atoms with Crippen molar-refractivity contribution in [1.29, 1.82) is 0 Å². The Morgan fingerprint density at radius 3 is 2.41 bits per heavy atom. The van der Waals surface area contributed by atoms with Crippen LogP contribution in [0, 0.1) is 11.3 Å². The number of nitrogens with zero attached hydrogens (tertiary/aromatic N) is 1. The second-order valence-corrected chi connectivity index (χ2v) is 5.64. The van der Waals surface area contributed by atoms with Crippen molar-refractivity contribution in [3.63, 3.8) is 0 Å². The number of likely N-dealkylation sites (tertiary alicyclic amines) is 1. The number of hydrogen-bond donors (Lipinski definition) is 1. The van der Waals surface area contributed by atoms with Crippen molar-refractivity contribution >= 4 is 11.6 Å². The van der Waals surface area contributed by atoms with Gasteiger partial charge in [-0.2, -0.15) is 0 Å². The summed E-state index contributed by atoms with van der Waals surface area (Å²) >= 11 is 0. The normalized spacial score (nSPS) is 35.2. The van der Waals surface area contributed by atoms with Gasteiger partial charge in [-0.3, -0.25) is 14.5 Å². The molecule has 0 aromatic rings. The smallest absolute Gasteiger partial charge is 0.199 e. The first-order valence-corrected chi connectivity index (χ1v) is 6.30. The van der Waals surface area contributed by atoms with Crippen LogP contribution in [0.15, 0.2) is 0 Å². The molecule has 1 aliphatic heterocycles. The summed E-state index contributed by atoms with van der Waals surface area (Å²) in [6.45, 7) is 3.62. The van der Waals surface area contributed by atoms with Gasteiger partial charge in [0.2, 0.25) is 0 Å². The molecule has 17 heavy (non-hydrogen) atoms. The van der Waals surface area contributed by atoms with Gasteiger partial charge in [0.25, 0.3) is 0 Å². The minimum absolute atomic E-state index is 0.127. The molecule has 1 aliphatic carbocycles. The lowest BCUT2D eigenvalue weighted by molar-refractivity contribution is -0.136. The van der Waals surface area contributed by atoms with Crippen molar-refractivity contribution in [3.05, 3.63) is 0 Å². The van der Waals surface area contributed by atoms with E-state index in [4.69, 9.17) is 0 Å². The minimum Gasteiger partial charge on any atom is -0.395 e. The molecule has 4 heteroatoms. The standard InChI is InChI=1S/C13H21NO3/c1-8-10(7-15)14(3)12(13(8)4-5-13)6-11(17)9(2)16/h8,10,12,15H,4-7H2,1-3H3. The second-order valence-electron chi connectivity index (χ2n) is 5.64. The summed E-state index contributed by atoms with van der Waals surface area (Å²) in [5.74, 6) is -0.226. The number of ketones is 2. The zero-order valence-electron chi connectivity index (χ0n) is 10.8. The fourth-order valence-electron chi connectivity index (χ4n) is 3.56. The molecule has 2 aliphatic rings. The van der Waals surface area contributed by atoms with Crippen LogP contribution in [0.2, 0.25) is 0 Å². The molecule has 2 rings (SSSR count). The molecule has 1 saturated heterocycles. The maximum atomic E-state index is 11.6. The average Bonchev–Trinajstić information content (AvgIpc) is 3.03. The lowest BCUT2D eigenvalue weighted by Crippen LogP contribution is -2.38. The van der Waals surface area contributed by atoms with Crippen LogP contribution in [-0.4, -0.2) is 47.3 Å². The molecule has 0 radical (unpaired) electrons. The molecule has 1 heterocycles. The number of Topliss-reactive ketones (excluding diaryl/α,β-unsaturated/α-hetero) is 2. The Labute approximate surface area is 102 Å². The van der Waals surface area contributed by atoms with E-state index in [0.717, 1.165) is 12.8 Å². The monoisotopic (exact) mass is 239 g/mol. The number of hydrogen-bond acceptors (Lipinski definition) is 4. The lowest BCUT2D eigenvalue weighted by Gasteiger charge is -2.26. The number of carbonyl (C=O) groups excluding carboxylic acids is 2. The molecule has 4 nitrogen and oxygen atoms in total. The third-order valence-corrected chi connectivity index (χ3v) is 4.95. The van der Waals surface area contributed by atoms with E-state index in [0.29, 0.717) is 12.3 Å². The van der Waals surface area contributed by atoms with Gasteiger partial charge in [0.05, 0.1) is 6.61 Å². The van der Waals surface area contributed by atoms with Gasteiger partial charge in [-0.1, -0.05) is 6.92 Å². The van der Waals surface area contributed by atoms with Gasteiger partial charge in [0.15, 0.2) is 11.6 Å². The summed E-state index contributed by atoms with van der Waals surface area (Å²) in [4.78, 5) is 24.8. The topological polar surface area (TPSA) is 57.6 Å². The van der Waals surface area contributed by atoms with E-state index >= 15 is 0 Å². The lowest BCUT2D eigenvalue weighted by atomic mass is 9.83. The third kappa shape index (κ3) is 1.83. The van der Waals surface area contributed by atoms with E-state index < -0.39 is 0 Å². The van der Waals surface area contributed by atoms with E-state index in [1.54, 1.807) is 0 Å². The van der Waals surface area contributed by atoms with E-state index in [9.17, 15) is 14.7 Å². The van der Waals surface area contributed by atoms with Crippen LogP contribution in [0.5, 0.6) is 0 Å². The number of aliphatic hydroxyl groups excluding tert-OH is 1. The Kier molecular flexibility index (Phi) is 3.12. The first-order chi connectivity index (χ1) is 7.94. The molecule has 3 atom stereocenters. The highest BCUT2D eigenvalue weighted by atomic mass is 16.3. The molecule has 1 spiro atoms. The fourth-order valence-corrected chi connectivity index (χ4v) is 3.56. The largest absolute Gasteiger partial charge is 0.395 e. The number of aliphatic hydroxyl groups is 1. The minimum atomic E-state index is -0.352. The second kappa shape index (κ2) is 4.18. The van der Waals surface area contributed by atoms with E-state index in [1.165, 1.54) is 6.92 Å². The Hall–Kier alpha value is -0.740. The van der Waals surface area contributed by atoms with E-state index in [1.807, 2.05) is 7.05 Å². The van der Waals surface area contributed by atoms with Crippen LogP contribution in [-0.2, 0) is 9.59 Å². The van der Waals surface area contributed by atoms with Gasteiger partial charge < -0.3 is 5.11 Å². The number of likely N-dealkylation sites (N-methyl/N-ethyl adjacent to an activating group) is 1. The quantitative estimate of drug-likeness (QED) is 0.731. The Morgan fingerprint density at radius 2 is 2.00 bits per heavy atom. The van der Waals surface area contributed by atoms with Gasteiger partial charge in [0, 0.05) is 25.4 Å². The Morgan fingerprint density at radius 1 is 1.41 bits per heavy atom. The molecule has 0 amide bonds. The molecule has 1 N–H and O–H groups in total. The van der Waals surface area contributed by atoms with Crippen LogP contribution < -0.4 is 0 Å². The van der Waals surface area contributed by atoms with E-state index in [2.05, 4.69) is 11.8 Å². The van der Waals surface area contributed by atoms with Crippen molar-refractivity contribution in [2.45, 2.75) is 45.2 Å². The van der Waals surface area contributed by atoms with Gasteiger partial charge in [-0.15, -0.1) is 0 Å². The maximum Gasteiger partial charge on any atom is 0.199 e. The molecule has 0 aromatic heterocycles. The molecule has 0 aromatic carbocycles. The summed E-state index contributed by atoms with van der Waals surface area (Å²) < 4.78 is 0. The summed E-state index contributed by atoms with van der Waals surface area (Å²) in [6.07, 6.45) is 2.54. The predicted octanol–water partition coefficient (Wildman–Crippen LogP) is 0.626. The Balaban J connectivity index is 2.16. The molecular formula is C13H21NO3. The van der Waals surface area contributed by atoms with Gasteiger partial charge in [-0.05, 0) is 31.2 Å². The highest BCUT2D eigenvalue weighted by Crippen LogP contribution is 2.62. The van der Waals surface area contributed by atoms with Crippen molar-refractivity contribution < 1.29 is 14.7 Å². The van der Waals surface area contributed by atoms with Crippen LogP contribution in [0.1, 0.15) is 33.1 Å². The molecule has 2 fully saturated rings. The first kappa shape index (κ1) is 12.7. The van der Waals surface area contributed by atoms with Crippen molar-refractivity contribution in [2.75, 3.05) is 13.7 Å². The molecule has 3 unspecified atom stereocenters. The van der Waals surface area contributed by atoms with Crippen LogP contribution in [0.3, 0.4) is 0 Å². The Bertz CT molecular complexity index is 349. The average molecular weight is 239 g/mol. The highest BCUT2D eigenvalue weighted by molar-refractivity contribution is 6.36. The molecular weight excluding hydrogens is 218 g/mol. The summed E-state index contributed by atoms with van der Waals surface area (Å²) in [5, 5.41) is 9.43. The van der Waals surface area contributed by atoms with Gasteiger partial charge in [0.1, 0.15) is 0 Å². The molecule has 1 saturated carbocycles. The van der Waals surface area contributed by atoms with Crippen LogP contribution in [0.25, 0.3) is 0 Å².